The van der Waals surface area contributed by atoms with Crippen LogP contribution in [0.5, 0.6) is 0 Å². The van der Waals surface area contributed by atoms with Gasteiger partial charge in [-0.25, -0.2) is 0 Å². The van der Waals surface area contributed by atoms with Gasteiger partial charge in [-0.3, -0.25) is 14.9 Å². The van der Waals surface area contributed by atoms with E-state index < -0.39 is 4.92 Å². The number of nitro benzene ring substituents is 1. The number of para-hydroxylation sites is 1. The fourth-order valence-corrected chi connectivity index (χ4v) is 2.88. The first-order chi connectivity index (χ1) is 12.1. The van der Waals surface area contributed by atoms with E-state index in [1.54, 1.807) is 17.0 Å². The Bertz CT molecular complexity index is 900. The molecule has 1 amide bonds. The highest BCUT2D eigenvalue weighted by molar-refractivity contribution is 6.03. The van der Waals surface area contributed by atoms with E-state index in [0.717, 1.165) is 22.2 Å². The lowest BCUT2D eigenvalue weighted by atomic mass is 10.1. The summed E-state index contributed by atoms with van der Waals surface area (Å²) in [4.78, 5) is 27.7. The van der Waals surface area contributed by atoms with Crippen molar-refractivity contribution in [1.29, 1.82) is 0 Å². The summed E-state index contributed by atoms with van der Waals surface area (Å²) in [6.07, 6.45) is 2.90. The van der Waals surface area contributed by atoms with E-state index in [9.17, 15) is 14.9 Å². The zero-order valence-corrected chi connectivity index (χ0v) is 13.9. The smallest absolute Gasteiger partial charge is 0.269 e. The molecule has 0 atom stereocenters. The molecule has 0 aliphatic rings. The number of aromatic nitrogens is 1. The molecule has 0 unspecified atom stereocenters. The number of non-ortho nitro benzene ring substituents is 1. The molecule has 2 aromatic carbocycles. The predicted octanol–water partition coefficient (Wildman–Crippen LogP) is 4.06. The minimum atomic E-state index is -0.414. The van der Waals surface area contributed by atoms with Crippen molar-refractivity contribution in [2.24, 2.45) is 0 Å². The van der Waals surface area contributed by atoms with Crippen molar-refractivity contribution in [2.45, 2.75) is 19.8 Å². The van der Waals surface area contributed by atoms with Crippen molar-refractivity contribution in [3.8, 4) is 0 Å². The SMILES string of the molecule is CCC(=O)N(CCc1ccc([N+](=O)[O-])cc1)c1c[nH]c2ccccc12. The Morgan fingerprint density at radius 3 is 2.56 bits per heavy atom. The van der Waals surface area contributed by atoms with Gasteiger partial charge in [0.2, 0.25) is 5.91 Å². The second kappa shape index (κ2) is 7.17. The minimum absolute atomic E-state index is 0.0478. The zero-order chi connectivity index (χ0) is 17.8. The number of nitrogens with zero attached hydrogens (tertiary/aromatic N) is 2. The first kappa shape index (κ1) is 16.7. The molecule has 3 aromatic rings. The molecule has 128 valence electrons. The molecule has 0 bridgehead atoms. The number of H-pyrrole nitrogens is 1. The van der Waals surface area contributed by atoms with Crippen LogP contribution >= 0.6 is 0 Å². The van der Waals surface area contributed by atoms with E-state index in [4.69, 9.17) is 0 Å². The number of hydrogen-bond donors (Lipinski definition) is 1. The number of benzene rings is 2. The van der Waals surface area contributed by atoms with Crippen LogP contribution in [0.3, 0.4) is 0 Å². The molecule has 1 N–H and O–H groups in total. The maximum absolute atomic E-state index is 12.4. The summed E-state index contributed by atoms with van der Waals surface area (Å²) in [5, 5.41) is 11.7. The Morgan fingerprint density at radius 2 is 1.88 bits per heavy atom. The molecule has 1 heterocycles. The first-order valence-electron chi connectivity index (χ1n) is 8.20. The van der Waals surface area contributed by atoms with E-state index in [2.05, 4.69) is 4.98 Å². The Hall–Kier alpha value is -3.15. The summed E-state index contributed by atoms with van der Waals surface area (Å²) in [7, 11) is 0. The van der Waals surface area contributed by atoms with Gasteiger partial charge >= 0.3 is 0 Å². The standard InChI is InChI=1S/C19H19N3O3/c1-2-19(23)21(18-13-20-17-6-4-3-5-16(17)18)12-11-14-7-9-15(10-8-14)22(24)25/h3-10,13,20H,2,11-12H2,1H3. The van der Waals surface area contributed by atoms with Crippen LogP contribution in [-0.2, 0) is 11.2 Å². The normalized spacial score (nSPS) is 10.8. The van der Waals surface area contributed by atoms with Gasteiger partial charge in [0.1, 0.15) is 0 Å². The highest BCUT2D eigenvalue weighted by atomic mass is 16.6. The summed E-state index contributed by atoms with van der Waals surface area (Å²) in [6.45, 7) is 2.36. The summed E-state index contributed by atoms with van der Waals surface area (Å²) < 4.78 is 0. The number of hydrogen-bond acceptors (Lipinski definition) is 3. The second-order valence-corrected chi connectivity index (χ2v) is 5.79. The predicted molar refractivity (Wildman–Crippen MR) is 97.7 cm³/mol. The fourth-order valence-electron chi connectivity index (χ4n) is 2.88. The summed E-state index contributed by atoms with van der Waals surface area (Å²) >= 11 is 0. The number of amides is 1. The molecule has 0 saturated carbocycles. The molecular weight excluding hydrogens is 318 g/mol. The maximum atomic E-state index is 12.4. The lowest BCUT2D eigenvalue weighted by Crippen LogP contribution is -2.32. The summed E-state index contributed by atoms with van der Waals surface area (Å²) in [5.74, 6) is 0.0478. The van der Waals surface area contributed by atoms with Gasteiger partial charge in [0.25, 0.3) is 5.69 Å². The third-order valence-electron chi connectivity index (χ3n) is 4.23. The second-order valence-electron chi connectivity index (χ2n) is 5.79. The molecule has 0 radical (unpaired) electrons. The summed E-state index contributed by atoms with van der Waals surface area (Å²) in [5.41, 5.74) is 2.88. The van der Waals surface area contributed by atoms with Crippen molar-refractivity contribution in [3.05, 3.63) is 70.4 Å². The Kier molecular flexibility index (Phi) is 4.79. The van der Waals surface area contributed by atoms with E-state index >= 15 is 0 Å². The van der Waals surface area contributed by atoms with Gasteiger partial charge in [-0.2, -0.15) is 0 Å². The van der Waals surface area contributed by atoms with Gasteiger partial charge in [-0.05, 0) is 18.1 Å². The lowest BCUT2D eigenvalue weighted by molar-refractivity contribution is -0.384. The topological polar surface area (TPSA) is 79.2 Å². The third kappa shape index (κ3) is 3.52. The van der Waals surface area contributed by atoms with Crippen LogP contribution in [0.4, 0.5) is 11.4 Å². The van der Waals surface area contributed by atoms with Crippen LogP contribution in [0.1, 0.15) is 18.9 Å². The third-order valence-corrected chi connectivity index (χ3v) is 4.23. The Labute approximate surface area is 145 Å². The highest BCUT2D eigenvalue weighted by Gasteiger charge is 2.17. The molecule has 6 nitrogen and oxygen atoms in total. The van der Waals surface area contributed by atoms with Gasteiger partial charge < -0.3 is 9.88 Å². The van der Waals surface area contributed by atoms with Crippen molar-refractivity contribution in [2.75, 3.05) is 11.4 Å². The minimum Gasteiger partial charge on any atom is -0.359 e. The molecule has 6 heteroatoms. The van der Waals surface area contributed by atoms with Crippen LogP contribution in [0.15, 0.2) is 54.7 Å². The number of rotatable bonds is 6. The number of nitro groups is 1. The fraction of sp³-hybridized carbons (Fsp3) is 0.211. The van der Waals surface area contributed by atoms with Crippen molar-refractivity contribution < 1.29 is 9.72 Å². The molecule has 1 aromatic heterocycles. The van der Waals surface area contributed by atoms with Crippen LogP contribution in [0, 0.1) is 10.1 Å². The molecule has 0 fully saturated rings. The molecule has 25 heavy (non-hydrogen) atoms. The van der Waals surface area contributed by atoms with E-state index in [0.29, 0.717) is 19.4 Å². The number of aromatic amines is 1. The van der Waals surface area contributed by atoms with Crippen LogP contribution in [0.2, 0.25) is 0 Å². The van der Waals surface area contributed by atoms with Crippen molar-refractivity contribution in [3.63, 3.8) is 0 Å². The van der Waals surface area contributed by atoms with Crippen molar-refractivity contribution >= 4 is 28.2 Å². The number of anilines is 1. The maximum Gasteiger partial charge on any atom is 0.269 e. The van der Waals surface area contributed by atoms with Gasteiger partial charge in [-0.15, -0.1) is 0 Å². The lowest BCUT2D eigenvalue weighted by Gasteiger charge is -2.21. The average molecular weight is 337 g/mol. The van der Waals surface area contributed by atoms with E-state index in [1.165, 1.54) is 12.1 Å². The van der Waals surface area contributed by atoms with E-state index in [1.807, 2.05) is 37.4 Å². The van der Waals surface area contributed by atoms with Gasteiger partial charge in [0.15, 0.2) is 0 Å². The molecule has 0 saturated heterocycles. The monoisotopic (exact) mass is 337 g/mol. The number of nitrogens with one attached hydrogen (secondary N) is 1. The summed E-state index contributed by atoms with van der Waals surface area (Å²) in [6, 6.07) is 14.3. The quantitative estimate of drug-likeness (QED) is 0.544. The number of fused-ring (bicyclic) bond motifs is 1. The molecule has 0 aliphatic heterocycles. The molecule has 0 aliphatic carbocycles. The van der Waals surface area contributed by atoms with Gasteiger partial charge in [0, 0.05) is 42.2 Å². The largest absolute Gasteiger partial charge is 0.359 e. The zero-order valence-electron chi connectivity index (χ0n) is 13.9. The van der Waals surface area contributed by atoms with Crippen LogP contribution < -0.4 is 4.90 Å². The molecule has 0 spiro atoms. The van der Waals surface area contributed by atoms with Crippen LogP contribution in [0.25, 0.3) is 10.9 Å². The van der Waals surface area contributed by atoms with Crippen LogP contribution in [-0.4, -0.2) is 22.4 Å². The first-order valence-corrected chi connectivity index (χ1v) is 8.20. The number of carbonyl (C=O) groups excluding carboxylic acids is 1. The molecule has 3 rings (SSSR count). The highest BCUT2D eigenvalue weighted by Crippen LogP contribution is 2.27. The average Bonchev–Trinajstić information content (AvgIpc) is 3.06. The Morgan fingerprint density at radius 1 is 1.16 bits per heavy atom. The van der Waals surface area contributed by atoms with Crippen molar-refractivity contribution in [1.82, 2.24) is 4.98 Å². The van der Waals surface area contributed by atoms with Gasteiger partial charge in [-0.1, -0.05) is 37.3 Å². The number of carbonyl (C=O) groups is 1. The Balaban J connectivity index is 1.82. The van der Waals surface area contributed by atoms with E-state index in [-0.39, 0.29) is 11.6 Å². The molecular formula is C19H19N3O3. The van der Waals surface area contributed by atoms with Gasteiger partial charge in [0.05, 0.1) is 10.6 Å².